The van der Waals surface area contributed by atoms with Crippen LogP contribution in [0.1, 0.15) is 45.6 Å². The van der Waals surface area contributed by atoms with Crippen LogP contribution in [0.4, 0.5) is 0 Å². The number of ether oxygens (including phenoxy) is 1. The zero-order chi connectivity index (χ0) is 19.0. The summed E-state index contributed by atoms with van der Waals surface area (Å²) in [5.41, 5.74) is 1.28. The molecule has 0 saturated heterocycles. The minimum Gasteiger partial charge on any atom is -0.348 e. The first-order valence-corrected chi connectivity index (χ1v) is 9.08. The van der Waals surface area contributed by atoms with E-state index in [1.807, 2.05) is 44.2 Å². The van der Waals surface area contributed by atoms with Crippen LogP contribution < -0.4 is 5.32 Å². The quantitative estimate of drug-likeness (QED) is 0.433. The molecule has 0 unspecified atom stereocenters. The predicted molar refractivity (Wildman–Crippen MR) is 104 cm³/mol. The highest BCUT2D eigenvalue weighted by atomic mass is 16.5. The van der Waals surface area contributed by atoms with Gasteiger partial charge >= 0.3 is 0 Å². The molecule has 4 nitrogen and oxygen atoms in total. The molecule has 0 saturated carbocycles. The highest BCUT2D eigenvalue weighted by Gasteiger charge is 2.39. The van der Waals surface area contributed by atoms with Crippen LogP contribution in [0.3, 0.4) is 0 Å². The largest absolute Gasteiger partial charge is 0.348 e. The molecule has 1 aliphatic carbocycles. The van der Waals surface area contributed by atoms with E-state index in [-0.39, 0.29) is 11.7 Å². The Kier molecular flexibility index (Phi) is 7.10. The maximum atomic E-state index is 12.5. The van der Waals surface area contributed by atoms with Gasteiger partial charge in [0.15, 0.2) is 11.5 Å². The first kappa shape index (κ1) is 19.9. The first-order valence-electron chi connectivity index (χ1n) is 9.08. The van der Waals surface area contributed by atoms with Gasteiger partial charge in [0.25, 0.3) is 0 Å². The molecule has 138 valence electrons. The lowest BCUT2D eigenvalue weighted by Crippen LogP contribution is -2.53. The number of ketones is 1. The summed E-state index contributed by atoms with van der Waals surface area (Å²) >= 11 is 0. The van der Waals surface area contributed by atoms with Gasteiger partial charge in [0.2, 0.25) is 5.91 Å². The van der Waals surface area contributed by atoms with Gasteiger partial charge in [-0.25, -0.2) is 0 Å². The number of unbranched alkanes of at least 4 members (excludes halogenated alkanes) is 2. The molecular weight excluding hydrogens is 326 g/mol. The molecule has 1 N–H and O–H groups in total. The SMILES string of the molecule is CCCCCOC1(NC(=O)/C=C/c2ccccc2)C(C)=CC(=O)C=C1C. The van der Waals surface area contributed by atoms with Crippen molar-refractivity contribution in [1.29, 1.82) is 0 Å². The number of carbonyl (C=O) groups excluding carboxylic acids is 2. The van der Waals surface area contributed by atoms with Crippen LogP contribution in [-0.2, 0) is 14.3 Å². The normalized spacial score (nSPS) is 16.3. The summed E-state index contributed by atoms with van der Waals surface area (Å²) in [4.78, 5) is 24.3. The van der Waals surface area contributed by atoms with E-state index >= 15 is 0 Å². The third-order valence-corrected chi connectivity index (χ3v) is 4.42. The molecule has 0 aliphatic heterocycles. The molecule has 0 spiro atoms. The molecule has 0 radical (unpaired) electrons. The van der Waals surface area contributed by atoms with Crippen LogP contribution in [0.2, 0.25) is 0 Å². The van der Waals surface area contributed by atoms with Crippen LogP contribution in [0, 0.1) is 0 Å². The Morgan fingerprint density at radius 1 is 1.12 bits per heavy atom. The topological polar surface area (TPSA) is 55.4 Å². The maximum Gasteiger partial charge on any atom is 0.246 e. The van der Waals surface area contributed by atoms with E-state index in [9.17, 15) is 9.59 Å². The van der Waals surface area contributed by atoms with E-state index < -0.39 is 5.72 Å². The second kappa shape index (κ2) is 9.30. The Bertz CT molecular complexity index is 707. The van der Waals surface area contributed by atoms with Crippen molar-refractivity contribution >= 4 is 17.8 Å². The third-order valence-electron chi connectivity index (χ3n) is 4.42. The Balaban J connectivity index is 2.17. The molecule has 0 heterocycles. The summed E-state index contributed by atoms with van der Waals surface area (Å²) in [6, 6.07) is 9.62. The van der Waals surface area contributed by atoms with E-state index in [1.165, 1.54) is 18.2 Å². The van der Waals surface area contributed by atoms with Gasteiger partial charge in [-0.05, 0) is 55.2 Å². The van der Waals surface area contributed by atoms with Gasteiger partial charge in [-0.15, -0.1) is 0 Å². The average molecular weight is 353 g/mol. The summed E-state index contributed by atoms with van der Waals surface area (Å²) in [5, 5.41) is 2.96. The van der Waals surface area contributed by atoms with Crippen molar-refractivity contribution in [3.63, 3.8) is 0 Å². The number of benzene rings is 1. The number of carbonyl (C=O) groups is 2. The summed E-state index contributed by atoms with van der Waals surface area (Å²) < 4.78 is 6.11. The predicted octanol–water partition coefficient (Wildman–Crippen LogP) is 4.19. The number of nitrogens with one attached hydrogen (secondary N) is 1. The summed E-state index contributed by atoms with van der Waals surface area (Å²) in [7, 11) is 0. The van der Waals surface area contributed by atoms with Crippen LogP contribution in [0.25, 0.3) is 6.08 Å². The second-order valence-electron chi connectivity index (χ2n) is 6.53. The zero-order valence-corrected chi connectivity index (χ0v) is 15.7. The molecule has 0 aromatic heterocycles. The smallest absolute Gasteiger partial charge is 0.246 e. The van der Waals surface area contributed by atoms with Crippen molar-refractivity contribution in [3.8, 4) is 0 Å². The lowest BCUT2D eigenvalue weighted by atomic mass is 9.89. The van der Waals surface area contributed by atoms with E-state index in [2.05, 4.69) is 12.2 Å². The number of hydrogen-bond acceptors (Lipinski definition) is 3. The van der Waals surface area contributed by atoms with E-state index in [0.29, 0.717) is 17.8 Å². The van der Waals surface area contributed by atoms with Crippen LogP contribution in [-0.4, -0.2) is 24.0 Å². The fourth-order valence-electron chi connectivity index (χ4n) is 2.97. The third kappa shape index (κ3) is 5.02. The van der Waals surface area contributed by atoms with Crippen molar-refractivity contribution in [2.24, 2.45) is 0 Å². The van der Waals surface area contributed by atoms with Crippen molar-refractivity contribution in [1.82, 2.24) is 5.32 Å². The molecule has 0 bridgehead atoms. The summed E-state index contributed by atoms with van der Waals surface area (Å²) in [6.07, 6.45) is 9.34. The molecule has 0 atom stereocenters. The van der Waals surface area contributed by atoms with Gasteiger partial charge in [0.1, 0.15) is 0 Å². The van der Waals surface area contributed by atoms with Crippen molar-refractivity contribution in [3.05, 3.63) is 65.3 Å². The average Bonchev–Trinajstić information content (AvgIpc) is 2.62. The van der Waals surface area contributed by atoms with Gasteiger partial charge in [0.05, 0.1) is 6.61 Å². The Morgan fingerprint density at radius 2 is 1.77 bits per heavy atom. The molecule has 1 amide bonds. The van der Waals surface area contributed by atoms with Gasteiger partial charge in [0, 0.05) is 6.08 Å². The van der Waals surface area contributed by atoms with Gasteiger partial charge in [-0.3, -0.25) is 9.59 Å². The number of hydrogen-bond donors (Lipinski definition) is 1. The standard InChI is InChI=1S/C22H27NO3/c1-4-5-9-14-26-22(17(2)15-20(24)16-18(22)3)23-21(25)13-12-19-10-7-6-8-11-19/h6-8,10-13,15-16H,4-5,9,14H2,1-3H3,(H,23,25)/b13-12+. The van der Waals surface area contributed by atoms with Crippen LogP contribution in [0.5, 0.6) is 0 Å². The minimum atomic E-state index is -1.06. The number of rotatable bonds is 8. The van der Waals surface area contributed by atoms with Crippen molar-refractivity contribution < 1.29 is 14.3 Å². The lowest BCUT2D eigenvalue weighted by Gasteiger charge is -2.38. The molecule has 26 heavy (non-hydrogen) atoms. The lowest BCUT2D eigenvalue weighted by molar-refractivity contribution is -0.124. The van der Waals surface area contributed by atoms with Crippen molar-refractivity contribution in [2.75, 3.05) is 6.61 Å². The molecule has 1 aromatic rings. The number of amides is 1. The monoisotopic (exact) mass is 353 g/mol. The molecule has 1 aromatic carbocycles. The number of allylic oxidation sites excluding steroid dienone is 2. The highest BCUT2D eigenvalue weighted by Crippen LogP contribution is 2.31. The second-order valence-corrected chi connectivity index (χ2v) is 6.53. The van der Waals surface area contributed by atoms with Gasteiger partial charge < -0.3 is 10.1 Å². The maximum absolute atomic E-state index is 12.5. The van der Waals surface area contributed by atoms with Gasteiger partial charge in [-0.1, -0.05) is 50.1 Å². The van der Waals surface area contributed by atoms with Crippen LogP contribution in [0.15, 0.2) is 59.7 Å². The Morgan fingerprint density at radius 3 is 2.38 bits per heavy atom. The highest BCUT2D eigenvalue weighted by molar-refractivity contribution is 6.02. The molecule has 1 aliphatic rings. The van der Waals surface area contributed by atoms with Crippen LogP contribution >= 0.6 is 0 Å². The van der Waals surface area contributed by atoms with E-state index in [0.717, 1.165) is 24.8 Å². The Hall–Kier alpha value is -2.46. The molecule has 0 fully saturated rings. The van der Waals surface area contributed by atoms with E-state index in [1.54, 1.807) is 6.08 Å². The zero-order valence-electron chi connectivity index (χ0n) is 15.7. The fourth-order valence-corrected chi connectivity index (χ4v) is 2.97. The van der Waals surface area contributed by atoms with E-state index in [4.69, 9.17) is 4.74 Å². The summed E-state index contributed by atoms with van der Waals surface area (Å²) in [6.45, 7) is 6.27. The Labute approximate surface area is 155 Å². The first-order chi connectivity index (χ1) is 12.5. The fraction of sp³-hybridized carbons (Fsp3) is 0.364. The van der Waals surface area contributed by atoms with Crippen molar-refractivity contribution in [2.45, 2.75) is 45.8 Å². The molecule has 4 heteroatoms. The molecular formula is C22H27NO3. The summed E-state index contributed by atoms with van der Waals surface area (Å²) in [5.74, 6) is -0.346. The minimum absolute atomic E-state index is 0.0816. The van der Waals surface area contributed by atoms with Gasteiger partial charge in [-0.2, -0.15) is 0 Å². The molecule has 2 rings (SSSR count).